The summed E-state index contributed by atoms with van der Waals surface area (Å²) in [6, 6.07) is 4.97. The van der Waals surface area contributed by atoms with E-state index in [1.165, 1.54) is 96.3 Å². The first-order valence-electron chi connectivity index (χ1n) is 18.5. The van der Waals surface area contributed by atoms with Gasteiger partial charge in [0.1, 0.15) is 0 Å². The lowest BCUT2D eigenvalue weighted by atomic mass is 9.99. The smallest absolute Gasteiger partial charge is 0.272 e. The van der Waals surface area contributed by atoms with Gasteiger partial charge in [-0.1, -0.05) is 57.4 Å². The Bertz CT molecular complexity index is 1240. The molecule has 3 saturated carbocycles. The van der Waals surface area contributed by atoms with Crippen LogP contribution in [0.1, 0.15) is 154 Å². The van der Waals surface area contributed by atoms with Gasteiger partial charge in [-0.05, 0) is 108 Å². The maximum atomic E-state index is 12.6. The molecule has 2 aromatic rings. The normalized spacial score (nSPS) is 19.4. The molecule has 1 aromatic heterocycles. The van der Waals surface area contributed by atoms with Gasteiger partial charge in [-0.2, -0.15) is 0 Å². The summed E-state index contributed by atoms with van der Waals surface area (Å²) in [5.74, 6) is -0.0992. The van der Waals surface area contributed by atoms with Gasteiger partial charge in [0.15, 0.2) is 0 Å². The summed E-state index contributed by atoms with van der Waals surface area (Å²) in [6.45, 7) is 0. The van der Waals surface area contributed by atoms with Crippen molar-refractivity contribution in [2.75, 3.05) is 11.5 Å². The molecule has 0 radical (unpaired) electrons. The topological polar surface area (TPSA) is 94.8 Å². The third-order valence-corrected chi connectivity index (χ3v) is 18.3. The first-order valence-corrected chi connectivity index (χ1v) is 20.7. The van der Waals surface area contributed by atoms with Gasteiger partial charge < -0.3 is 5.32 Å². The van der Waals surface area contributed by atoms with Crippen LogP contribution in [0.15, 0.2) is 27.8 Å². The highest BCUT2D eigenvalue weighted by Crippen LogP contribution is 2.77. The van der Waals surface area contributed by atoms with Crippen molar-refractivity contribution in [1.82, 2.24) is 10.2 Å². The number of rotatable bonds is 15. The molecular weight excluding hydrogens is 565 g/mol. The van der Waals surface area contributed by atoms with E-state index < -0.39 is 12.8 Å². The lowest BCUT2D eigenvalue weighted by Gasteiger charge is -2.49. The van der Waals surface area contributed by atoms with Crippen molar-refractivity contribution in [3.05, 3.63) is 38.9 Å². The van der Waals surface area contributed by atoms with E-state index in [2.05, 4.69) is 15.5 Å². The molecule has 5 rings (SSSR count). The van der Waals surface area contributed by atoms with E-state index in [1.54, 1.807) is 62.9 Å². The molecule has 0 bridgehead atoms. The van der Waals surface area contributed by atoms with E-state index in [4.69, 9.17) is 0 Å². The lowest BCUT2D eigenvalue weighted by Crippen LogP contribution is -2.37. The fraction of sp³-hybridized carbons (Fsp3) is 0.757. The molecule has 3 aliphatic rings. The van der Waals surface area contributed by atoms with E-state index in [0.717, 1.165) is 29.8 Å². The van der Waals surface area contributed by atoms with Crippen LogP contribution in [0.5, 0.6) is 0 Å². The summed E-state index contributed by atoms with van der Waals surface area (Å²) in [5, 5.41) is 8.06. The monoisotopic (exact) mass is 624 g/mol. The minimum atomic E-state index is -0.921. The van der Waals surface area contributed by atoms with Gasteiger partial charge in [0.2, 0.25) is 5.91 Å². The Morgan fingerprint density at radius 3 is 1.66 bits per heavy atom. The van der Waals surface area contributed by atoms with Crippen LogP contribution in [-0.4, -0.2) is 39.2 Å². The Hall–Kier alpha value is -1.94. The minimum absolute atomic E-state index is 0.0992. The Morgan fingerprint density at radius 2 is 1.11 bits per heavy atom. The van der Waals surface area contributed by atoms with Crippen molar-refractivity contribution in [1.29, 1.82) is 0 Å². The second-order valence-corrected chi connectivity index (χ2v) is 19.0. The number of hydrogen-bond acceptors (Lipinski definition) is 3. The third-order valence-electron chi connectivity index (χ3n) is 11.6. The maximum absolute atomic E-state index is 12.6. The molecule has 3 fully saturated rings. The summed E-state index contributed by atoms with van der Waals surface area (Å²) >= 11 is 0. The number of nitrogens with one attached hydrogen (secondary N) is 3. The molecule has 1 aromatic carbocycles. The summed E-state index contributed by atoms with van der Waals surface area (Å²) in [7, 11) is -0.921. The number of H-pyrrole nitrogens is 2. The first-order chi connectivity index (χ1) is 21.6. The van der Waals surface area contributed by atoms with Gasteiger partial charge in [-0.25, -0.2) is 0 Å². The Morgan fingerprint density at radius 1 is 0.636 bits per heavy atom. The molecule has 0 saturated heterocycles. The fourth-order valence-corrected chi connectivity index (χ4v) is 17.0. The molecule has 244 valence electrons. The second kappa shape index (κ2) is 17.1. The molecule has 1 amide bonds. The number of amides is 1. The number of aromatic amines is 2. The SMILES string of the molecule is O=C(CCCCCCCCCC[P+](C1CCCCC1)(C1CCCCC1)C1CCCCC1)Nc1cccc2c(=O)[nH][nH]c(=O)c12. The van der Waals surface area contributed by atoms with Crippen molar-refractivity contribution in [3.8, 4) is 0 Å². The highest BCUT2D eigenvalue weighted by atomic mass is 31.2. The Labute approximate surface area is 265 Å². The van der Waals surface area contributed by atoms with Gasteiger partial charge >= 0.3 is 0 Å². The molecule has 3 aliphatic carbocycles. The third kappa shape index (κ3) is 8.45. The van der Waals surface area contributed by atoms with Crippen molar-refractivity contribution in [2.24, 2.45) is 0 Å². The van der Waals surface area contributed by atoms with Crippen molar-refractivity contribution in [3.63, 3.8) is 0 Å². The molecule has 7 heteroatoms. The van der Waals surface area contributed by atoms with Crippen molar-refractivity contribution >= 4 is 29.6 Å². The maximum Gasteiger partial charge on any atom is 0.272 e. The van der Waals surface area contributed by atoms with Crippen LogP contribution in [-0.2, 0) is 4.79 Å². The van der Waals surface area contributed by atoms with Crippen LogP contribution in [0.3, 0.4) is 0 Å². The molecule has 3 N–H and O–H groups in total. The van der Waals surface area contributed by atoms with E-state index in [1.807, 2.05) is 0 Å². The number of hydrogen-bond donors (Lipinski definition) is 3. The van der Waals surface area contributed by atoms with Gasteiger partial charge in [0.05, 0.1) is 39.6 Å². The molecule has 0 atom stereocenters. The van der Waals surface area contributed by atoms with E-state index in [-0.39, 0.29) is 22.2 Å². The minimum Gasteiger partial charge on any atom is -0.325 e. The highest BCUT2D eigenvalue weighted by molar-refractivity contribution is 7.77. The van der Waals surface area contributed by atoms with E-state index in [0.29, 0.717) is 12.1 Å². The van der Waals surface area contributed by atoms with E-state index in [9.17, 15) is 14.4 Å². The summed E-state index contributed by atoms with van der Waals surface area (Å²) < 4.78 is 0. The van der Waals surface area contributed by atoms with Crippen molar-refractivity contribution in [2.45, 2.75) is 171 Å². The highest BCUT2D eigenvalue weighted by Gasteiger charge is 2.56. The summed E-state index contributed by atoms with van der Waals surface area (Å²) in [4.78, 5) is 36.9. The number of benzene rings is 1. The second-order valence-electron chi connectivity index (χ2n) is 14.4. The predicted molar refractivity (Wildman–Crippen MR) is 188 cm³/mol. The van der Waals surface area contributed by atoms with Crippen LogP contribution < -0.4 is 16.4 Å². The zero-order chi connectivity index (χ0) is 30.6. The van der Waals surface area contributed by atoms with Crippen LogP contribution >= 0.6 is 7.26 Å². The number of aromatic nitrogens is 2. The quantitative estimate of drug-likeness (QED) is 0.136. The lowest BCUT2D eigenvalue weighted by molar-refractivity contribution is -0.116. The summed E-state index contributed by atoms with van der Waals surface area (Å²) in [6.07, 6.45) is 35.0. The van der Waals surface area contributed by atoms with Crippen LogP contribution in [0.2, 0.25) is 0 Å². The fourth-order valence-electron chi connectivity index (χ4n) is 9.41. The molecule has 0 aliphatic heterocycles. The molecular formula is C37H59N3O3P+. The molecule has 6 nitrogen and oxygen atoms in total. The largest absolute Gasteiger partial charge is 0.325 e. The average molecular weight is 625 g/mol. The molecule has 1 heterocycles. The zero-order valence-corrected chi connectivity index (χ0v) is 28.2. The van der Waals surface area contributed by atoms with Gasteiger partial charge in [0, 0.05) is 13.7 Å². The number of fused-ring (bicyclic) bond motifs is 1. The van der Waals surface area contributed by atoms with Gasteiger partial charge in [-0.15, -0.1) is 0 Å². The van der Waals surface area contributed by atoms with Gasteiger partial charge in [-0.3, -0.25) is 24.6 Å². The number of anilines is 1. The van der Waals surface area contributed by atoms with Crippen LogP contribution in [0.4, 0.5) is 5.69 Å². The van der Waals surface area contributed by atoms with E-state index >= 15 is 0 Å². The molecule has 0 spiro atoms. The Kier molecular flexibility index (Phi) is 13.0. The predicted octanol–water partition coefficient (Wildman–Crippen LogP) is 9.68. The number of carbonyl (C=O) groups excluding carboxylic acids is 1. The van der Waals surface area contributed by atoms with Gasteiger partial charge in [0.25, 0.3) is 11.1 Å². The Balaban J connectivity index is 1.03. The number of unbranched alkanes of at least 4 members (excludes halogenated alkanes) is 7. The van der Waals surface area contributed by atoms with Crippen molar-refractivity contribution < 1.29 is 4.79 Å². The molecule has 44 heavy (non-hydrogen) atoms. The van der Waals surface area contributed by atoms with Crippen LogP contribution in [0, 0.1) is 0 Å². The zero-order valence-electron chi connectivity index (χ0n) is 27.3. The standard InChI is InChI=1S/C37H58N3O3P/c41-34(38-33-26-18-25-32-35(33)37(43)40-39-36(32)42)27-16-5-3-1-2-4-6-17-28-44(29-19-10-7-11-20-29,30-21-12-8-13-22-30)31-23-14-9-15-24-31/h18,25-26,29-31H,1-17,19-24,27-28H2,(H2-,38,39,40,41,42,43)/p+1. The summed E-state index contributed by atoms with van der Waals surface area (Å²) in [5.41, 5.74) is 2.98. The number of carbonyl (C=O) groups is 1. The van der Waals surface area contributed by atoms with Crippen LogP contribution in [0.25, 0.3) is 10.8 Å². The first kappa shape index (κ1) is 33.4. The average Bonchev–Trinajstić information content (AvgIpc) is 3.07. The molecule has 0 unspecified atom stereocenters.